The minimum atomic E-state index is -0.223. The predicted octanol–water partition coefficient (Wildman–Crippen LogP) is 6.59. The highest BCUT2D eigenvalue weighted by Crippen LogP contribution is 2.32. The summed E-state index contributed by atoms with van der Waals surface area (Å²) in [5.74, 6) is 1.37. The van der Waals surface area contributed by atoms with Gasteiger partial charge in [0.15, 0.2) is 0 Å². The van der Waals surface area contributed by atoms with Crippen LogP contribution in [0.25, 0.3) is 16.9 Å². The summed E-state index contributed by atoms with van der Waals surface area (Å²) in [7, 11) is 0. The zero-order chi connectivity index (χ0) is 23.3. The number of carbonyl (C=O) groups excluding carboxylic acids is 1. The zero-order valence-electron chi connectivity index (χ0n) is 19.7. The highest BCUT2D eigenvalue weighted by molar-refractivity contribution is 5.78. The maximum absolute atomic E-state index is 12.3. The van der Waals surface area contributed by atoms with Gasteiger partial charge < -0.3 is 10.1 Å². The summed E-state index contributed by atoms with van der Waals surface area (Å²) in [6.45, 7) is 2.09. The fourth-order valence-corrected chi connectivity index (χ4v) is 4.68. The number of nitrogens with one attached hydrogen (secondary N) is 1. The number of fused-ring (bicyclic) bond motifs is 1. The van der Waals surface area contributed by atoms with E-state index >= 15 is 0 Å². The highest BCUT2D eigenvalue weighted by Gasteiger charge is 2.20. The Morgan fingerprint density at radius 1 is 1.03 bits per heavy atom. The van der Waals surface area contributed by atoms with E-state index < -0.39 is 0 Å². The number of anilines is 1. The smallest absolute Gasteiger partial charge is 0.311 e. The van der Waals surface area contributed by atoms with E-state index in [-0.39, 0.29) is 5.97 Å². The summed E-state index contributed by atoms with van der Waals surface area (Å²) >= 11 is 0. The molecule has 0 saturated heterocycles. The number of rotatable bonds is 7. The van der Waals surface area contributed by atoms with Gasteiger partial charge in [0.2, 0.25) is 0 Å². The van der Waals surface area contributed by atoms with Gasteiger partial charge in [-0.25, -0.2) is 4.98 Å². The van der Waals surface area contributed by atoms with Crippen LogP contribution in [-0.4, -0.2) is 21.4 Å². The second-order valence-corrected chi connectivity index (χ2v) is 9.20. The van der Waals surface area contributed by atoms with Crippen molar-refractivity contribution in [3.05, 3.63) is 84.1 Å². The number of aryl methyl sites for hydroxylation is 2. The molecule has 0 spiro atoms. The van der Waals surface area contributed by atoms with Crippen LogP contribution in [0.3, 0.4) is 0 Å². The Hall–Kier alpha value is -3.60. The number of nitrogens with zero attached hydrogens (tertiary/aromatic N) is 2. The van der Waals surface area contributed by atoms with Gasteiger partial charge in [-0.05, 0) is 73.7 Å². The molecule has 2 aromatic carbocycles. The van der Waals surface area contributed by atoms with Crippen molar-refractivity contribution in [1.82, 2.24) is 9.38 Å². The molecule has 1 aliphatic rings. The summed E-state index contributed by atoms with van der Waals surface area (Å²) in [6, 6.07) is 22.4. The van der Waals surface area contributed by atoms with Gasteiger partial charge in [-0.15, -0.1) is 0 Å². The van der Waals surface area contributed by atoms with E-state index in [9.17, 15) is 4.79 Å². The summed E-state index contributed by atoms with van der Waals surface area (Å²) in [5, 5.41) is 3.78. The topological polar surface area (TPSA) is 55.6 Å². The van der Waals surface area contributed by atoms with Crippen LogP contribution in [0.4, 0.5) is 5.82 Å². The first-order chi connectivity index (χ1) is 16.7. The maximum atomic E-state index is 12.3. The van der Waals surface area contributed by atoms with Crippen LogP contribution in [0.15, 0.2) is 72.9 Å². The molecule has 0 radical (unpaired) electrons. The minimum Gasteiger partial charge on any atom is -0.427 e. The number of pyridine rings is 1. The molecule has 34 heavy (non-hydrogen) atoms. The van der Waals surface area contributed by atoms with Gasteiger partial charge in [-0.2, -0.15) is 0 Å². The Bertz CT molecular complexity index is 1260. The van der Waals surface area contributed by atoms with E-state index in [1.165, 1.54) is 37.7 Å². The molecule has 5 heteroatoms. The lowest BCUT2D eigenvalue weighted by Crippen LogP contribution is -2.23. The van der Waals surface area contributed by atoms with Crippen molar-refractivity contribution in [3.63, 3.8) is 0 Å². The predicted molar refractivity (Wildman–Crippen MR) is 136 cm³/mol. The number of aromatic nitrogens is 2. The Labute approximate surface area is 200 Å². The van der Waals surface area contributed by atoms with Crippen molar-refractivity contribution in [2.45, 2.75) is 57.9 Å². The van der Waals surface area contributed by atoms with Crippen LogP contribution in [0, 0.1) is 6.92 Å². The molecule has 5 rings (SSSR count). The second kappa shape index (κ2) is 10.1. The van der Waals surface area contributed by atoms with E-state index in [1.807, 2.05) is 54.6 Å². The molecule has 2 heterocycles. The van der Waals surface area contributed by atoms with E-state index in [0.29, 0.717) is 24.6 Å². The number of ether oxygens (including phenoxy) is 1. The van der Waals surface area contributed by atoms with Gasteiger partial charge in [-0.3, -0.25) is 9.20 Å². The van der Waals surface area contributed by atoms with E-state index in [4.69, 9.17) is 9.72 Å². The second-order valence-electron chi connectivity index (χ2n) is 9.20. The molecule has 1 saturated carbocycles. The standard InChI is InChI=1S/C29H31N3O2/c1-21-18-19-32-26(20-21)31-28(29(32)30-24-10-6-3-7-11-24)23-13-15-25(16-14-23)34-27(33)17-12-22-8-4-2-5-9-22/h2,4-5,8-9,13-16,18-20,24,30H,3,6-7,10-12,17H2,1H3. The lowest BCUT2D eigenvalue weighted by molar-refractivity contribution is -0.134. The molecule has 1 fully saturated rings. The molecular weight excluding hydrogens is 422 g/mol. The van der Waals surface area contributed by atoms with Gasteiger partial charge in [0.05, 0.1) is 0 Å². The average Bonchev–Trinajstić information content (AvgIpc) is 3.21. The van der Waals surface area contributed by atoms with Gasteiger partial charge in [0.25, 0.3) is 0 Å². The molecular formula is C29H31N3O2. The molecule has 1 aliphatic carbocycles. The van der Waals surface area contributed by atoms with Gasteiger partial charge in [0, 0.05) is 24.2 Å². The largest absolute Gasteiger partial charge is 0.427 e. The van der Waals surface area contributed by atoms with Crippen molar-refractivity contribution < 1.29 is 9.53 Å². The fourth-order valence-electron chi connectivity index (χ4n) is 4.68. The third-order valence-corrected chi connectivity index (χ3v) is 6.55. The highest BCUT2D eigenvalue weighted by atomic mass is 16.5. The number of hydrogen-bond donors (Lipinski definition) is 1. The summed E-state index contributed by atoms with van der Waals surface area (Å²) in [4.78, 5) is 17.3. The quantitative estimate of drug-likeness (QED) is 0.253. The molecule has 0 unspecified atom stereocenters. The third kappa shape index (κ3) is 5.14. The molecule has 1 N–H and O–H groups in total. The number of carbonyl (C=O) groups is 1. The molecule has 5 nitrogen and oxygen atoms in total. The first-order valence-electron chi connectivity index (χ1n) is 12.3. The van der Waals surface area contributed by atoms with Crippen molar-refractivity contribution >= 4 is 17.4 Å². The van der Waals surface area contributed by atoms with Gasteiger partial charge in [0.1, 0.15) is 22.9 Å². The molecule has 0 atom stereocenters. The maximum Gasteiger partial charge on any atom is 0.311 e. The molecule has 0 bridgehead atoms. The Kier molecular flexibility index (Phi) is 6.61. The molecule has 0 amide bonds. The third-order valence-electron chi connectivity index (χ3n) is 6.55. The molecule has 2 aromatic heterocycles. The van der Waals surface area contributed by atoms with Gasteiger partial charge in [-0.1, -0.05) is 49.6 Å². The first kappa shape index (κ1) is 22.2. The first-order valence-corrected chi connectivity index (χ1v) is 12.3. The summed E-state index contributed by atoms with van der Waals surface area (Å²) in [5.41, 5.74) is 5.19. The van der Waals surface area contributed by atoms with Crippen LogP contribution >= 0.6 is 0 Å². The zero-order valence-corrected chi connectivity index (χ0v) is 19.7. The van der Waals surface area contributed by atoms with Crippen molar-refractivity contribution in [3.8, 4) is 17.0 Å². The van der Waals surface area contributed by atoms with E-state index in [2.05, 4.69) is 35.0 Å². The number of esters is 1. The monoisotopic (exact) mass is 453 g/mol. The van der Waals surface area contributed by atoms with Crippen molar-refractivity contribution in [2.75, 3.05) is 5.32 Å². The molecule has 0 aliphatic heterocycles. The molecule has 174 valence electrons. The van der Waals surface area contributed by atoms with E-state index in [0.717, 1.165) is 28.3 Å². The minimum absolute atomic E-state index is 0.223. The Balaban J connectivity index is 1.33. The van der Waals surface area contributed by atoms with E-state index in [1.54, 1.807) is 0 Å². The fraction of sp³-hybridized carbons (Fsp3) is 0.310. The number of hydrogen-bond acceptors (Lipinski definition) is 4. The van der Waals surface area contributed by atoms with Crippen LogP contribution in [-0.2, 0) is 11.2 Å². The van der Waals surface area contributed by atoms with Crippen LogP contribution in [0.2, 0.25) is 0 Å². The summed E-state index contributed by atoms with van der Waals surface area (Å²) in [6.07, 6.45) is 9.37. The van der Waals surface area contributed by atoms with Crippen molar-refractivity contribution in [2.24, 2.45) is 0 Å². The van der Waals surface area contributed by atoms with Crippen molar-refractivity contribution in [1.29, 1.82) is 0 Å². The average molecular weight is 454 g/mol. The number of imidazole rings is 1. The lowest BCUT2D eigenvalue weighted by Gasteiger charge is -2.24. The SMILES string of the molecule is Cc1ccn2c(NC3CCCCC3)c(-c3ccc(OC(=O)CCc4ccccc4)cc3)nc2c1. The normalized spacial score (nSPS) is 14.3. The number of benzene rings is 2. The van der Waals surface area contributed by atoms with Crippen LogP contribution in [0.1, 0.15) is 49.7 Å². The lowest BCUT2D eigenvalue weighted by atomic mass is 9.95. The Morgan fingerprint density at radius 3 is 2.56 bits per heavy atom. The van der Waals surface area contributed by atoms with Crippen LogP contribution < -0.4 is 10.1 Å². The summed E-state index contributed by atoms with van der Waals surface area (Å²) < 4.78 is 7.72. The van der Waals surface area contributed by atoms with Gasteiger partial charge >= 0.3 is 5.97 Å². The molecule has 4 aromatic rings. The van der Waals surface area contributed by atoms with Crippen LogP contribution in [0.5, 0.6) is 5.75 Å². The Morgan fingerprint density at radius 2 is 1.79 bits per heavy atom.